The second kappa shape index (κ2) is 13.4. The van der Waals surface area contributed by atoms with E-state index in [1.807, 2.05) is 12.1 Å². The average molecular weight is 753 g/mol. The molecule has 0 unspecified atom stereocenters. The monoisotopic (exact) mass is 752 g/mol. The van der Waals surface area contributed by atoms with Crippen molar-refractivity contribution in [2.45, 2.75) is 0 Å². The van der Waals surface area contributed by atoms with Gasteiger partial charge in [0.1, 0.15) is 11.2 Å². The van der Waals surface area contributed by atoms with Gasteiger partial charge in [0.2, 0.25) is 0 Å². The van der Waals surface area contributed by atoms with E-state index in [-0.39, 0.29) is 0 Å². The molecule has 0 bridgehead atoms. The Morgan fingerprint density at radius 3 is 1.68 bits per heavy atom. The summed E-state index contributed by atoms with van der Waals surface area (Å²) < 4.78 is 8.68. The van der Waals surface area contributed by atoms with Crippen LogP contribution in [0.3, 0.4) is 0 Å². The molecule has 2 aromatic heterocycles. The molecule has 2 heterocycles. The molecule has 12 rings (SSSR count). The van der Waals surface area contributed by atoms with E-state index in [2.05, 4.69) is 216 Å². The van der Waals surface area contributed by atoms with E-state index < -0.39 is 0 Å². The Kier molecular flexibility index (Phi) is 7.54. The Balaban J connectivity index is 0.997. The number of furan rings is 1. The van der Waals surface area contributed by atoms with Gasteiger partial charge in [0.15, 0.2) is 0 Å². The molecule has 12 aromatic rings. The molecule has 0 aliphatic carbocycles. The molecular formula is C56H36N2O. The van der Waals surface area contributed by atoms with Gasteiger partial charge in [0, 0.05) is 43.9 Å². The van der Waals surface area contributed by atoms with Crippen molar-refractivity contribution in [2.75, 3.05) is 4.90 Å². The topological polar surface area (TPSA) is 21.3 Å². The lowest BCUT2D eigenvalue weighted by Gasteiger charge is -2.28. The minimum Gasteiger partial charge on any atom is -0.456 e. The Morgan fingerprint density at radius 2 is 0.915 bits per heavy atom. The van der Waals surface area contributed by atoms with Crippen molar-refractivity contribution in [3.05, 3.63) is 218 Å². The SMILES string of the molecule is c1ccc(-n2c3ccccc3c3ccccc32)c(-c2ccc(N(c3ccc(-c4ccc5c(c4)oc4ccccc45)cc3)c3cccc4ccc5ccccc5c34)cc2)c1. The fourth-order valence-electron chi connectivity index (χ4n) is 9.25. The molecule has 10 aromatic carbocycles. The molecule has 0 N–H and O–H groups in total. The van der Waals surface area contributed by atoms with E-state index in [1.54, 1.807) is 0 Å². The molecule has 0 spiro atoms. The lowest BCUT2D eigenvalue weighted by atomic mass is 9.98. The molecule has 0 radical (unpaired) electrons. The highest BCUT2D eigenvalue weighted by Crippen LogP contribution is 2.44. The predicted molar refractivity (Wildman–Crippen MR) is 249 cm³/mol. The lowest BCUT2D eigenvalue weighted by molar-refractivity contribution is 0.669. The quantitative estimate of drug-likeness (QED) is 0.158. The standard InChI is InChI=1S/C56H36N2O/c1-2-15-45-38(12-1)24-25-40-13-11-22-53(56(40)45)57(42-31-26-37(27-32-42)41-30-35-49-48-18-6-10-23-54(48)59-55(49)36-41)43-33-28-39(29-34-43)44-14-3-7-19-50(44)58-51-20-8-4-16-46(51)47-17-5-9-21-52(47)58/h1-36H. The third-order valence-corrected chi connectivity index (χ3v) is 12.0. The van der Waals surface area contributed by atoms with Crippen LogP contribution in [0, 0.1) is 0 Å². The zero-order chi connectivity index (χ0) is 38.9. The maximum absolute atomic E-state index is 6.27. The third kappa shape index (κ3) is 5.36. The summed E-state index contributed by atoms with van der Waals surface area (Å²) in [4.78, 5) is 2.41. The number of benzene rings is 10. The van der Waals surface area contributed by atoms with Crippen molar-refractivity contribution < 1.29 is 4.42 Å². The summed E-state index contributed by atoms with van der Waals surface area (Å²) in [6.07, 6.45) is 0. The van der Waals surface area contributed by atoms with Crippen molar-refractivity contribution in [3.63, 3.8) is 0 Å². The highest BCUT2D eigenvalue weighted by Gasteiger charge is 2.19. The first-order chi connectivity index (χ1) is 29.3. The Hall–Kier alpha value is -7.88. The van der Waals surface area contributed by atoms with Crippen LogP contribution in [0.25, 0.3) is 93.2 Å². The van der Waals surface area contributed by atoms with E-state index in [0.717, 1.165) is 61.4 Å². The summed E-state index contributed by atoms with van der Waals surface area (Å²) >= 11 is 0. The summed E-state index contributed by atoms with van der Waals surface area (Å²) in [5.41, 5.74) is 13.3. The van der Waals surface area contributed by atoms with E-state index in [1.165, 1.54) is 48.9 Å². The molecule has 0 fully saturated rings. The third-order valence-electron chi connectivity index (χ3n) is 12.0. The first kappa shape index (κ1) is 33.3. The number of anilines is 3. The van der Waals surface area contributed by atoms with Crippen LogP contribution in [-0.2, 0) is 0 Å². The summed E-state index contributed by atoms with van der Waals surface area (Å²) in [5.74, 6) is 0. The van der Waals surface area contributed by atoms with Crippen LogP contribution in [0.2, 0.25) is 0 Å². The number of fused-ring (bicyclic) bond motifs is 9. The van der Waals surface area contributed by atoms with Crippen LogP contribution >= 0.6 is 0 Å². The van der Waals surface area contributed by atoms with E-state index in [4.69, 9.17) is 4.42 Å². The minimum atomic E-state index is 0.900. The van der Waals surface area contributed by atoms with Crippen molar-refractivity contribution in [2.24, 2.45) is 0 Å². The van der Waals surface area contributed by atoms with Gasteiger partial charge in [-0.05, 0) is 99.6 Å². The molecule has 3 heteroatoms. The second-order valence-electron chi connectivity index (χ2n) is 15.3. The van der Waals surface area contributed by atoms with Gasteiger partial charge in [-0.15, -0.1) is 0 Å². The van der Waals surface area contributed by atoms with Crippen LogP contribution < -0.4 is 4.90 Å². The highest BCUT2D eigenvalue weighted by molar-refractivity contribution is 6.15. The Bertz CT molecular complexity index is 3500. The molecule has 0 atom stereocenters. The van der Waals surface area contributed by atoms with Crippen LogP contribution in [0.1, 0.15) is 0 Å². The molecule has 3 nitrogen and oxygen atoms in total. The van der Waals surface area contributed by atoms with Crippen LogP contribution in [0.5, 0.6) is 0 Å². The second-order valence-corrected chi connectivity index (χ2v) is 15.3. The first-order valence-electron chi connectivity index (χ1n) is 20.2. The molecule has 0 saturated carbocycles. The van der Waals surface area contributed by atoms with Crippen molar-refractivity contribution in [1.29, 1.82) is 0 Å². The van der Waals surface area contributed by atoms with Gasteiger partial charge in [-0.2, -0.15) is 0 Å². The lowest BCUT2D eigenvalue weighted by Crippen LogP contribution is -2.10. The predicted octanol–water partition coefficient (Wildman–Crippen LogP) is 15.8. The van der Waals surface area contributed by atoms with Gasteiger partial charge in [-0.1, -0.05) is 152 Å². The van der Waals surface area contributed by atoms with Crippen molar-refractivity contribution >= 4 is 82.4 Å². The fourth-order valence-corrected chi connectivity index (χ4v) is 9.25. The maximum atomic E-state index is 6.27. The zero-order valence-corrected chi connectivity index (χ0v) is 32.1. The summed E-state index contributed by atoms with van der Waals surface area (Å²) in [5, 5.41) is 9.68. The van der Waals surface area contributed by atoms with E-state index in [9.17, 15) is 0 Å². The van der Waals surface area contributed by atoms with Crippen LogP contribution in [0.4, 0.5) is 17.1 Å². The highest BCUT2D eigenvalue weighted by atomic mass is 16.3. The first-order valence-corrected chi connectivity index (χ1v) is 20.2. The van der Waals surface area contributed by atoms with Crippen molar-refractivity contribution in [1.82, 2.24) is 4.57 Å². The molecule has 276 valence electrons. The average Bonchev–Trinajstić information content (AvgIpc) is 3.85. The molecular weight excluding hydrogens is 717 g/mol. The van der Waals surface area contributed by atoms with Gasteiger partial charge in [0.05, 0.1) is 22.4 Å². The normalized spacial score (nSPS) is 11.7. The van der Waals surface area contributed by atoms with Crippen LogP contribution in [0.15, 0.2) is 223 Å². The van der Waals surface area contributed by atoms with Gasteiger partial charge in [-0.25, -0.2) is 0 Å². The summed E-state index contributed by atoms with van der Waals surface area (Å²) in [7, 11) is 0. The van der Waals surface area contributed by atoms with Gasteiger partial charge >= 0.3 is 0 Å². The summed E-state index contributed by atoms with van der Waals surface area (Å²) in [6, 6.07) is 78.8. The molecule has 0 amide bonds. The molecule has 0 aliphatic heterocycles. The van der Waals surface area contributed by atoms with Gasteiger partial charge in [-0.3, -0.25) is 0 Å². The van der Waals surface area contributed by atoms with E-state index >= 15 is 0 Å². The van der Waals surface area contributed by atoms with Crippen molar-refractivity contribution in [3.8, 4) is 27.9 Å². The summed E-state index contributed by atoms with van der Waals surface area (Å²) in [6.45, 7) is 0. The number of hydrogen-bond donors (Lipinski definition) is 0. The molecule has 0 saturated heterocycles. The van der Waals surface area contributed by atoms with Gasteiger partial charge < -0.3 is 13.9 Å². The number of para-hydroxylation sites is 4. The fraction of sp³-hybridized carbons (Fsp3) is 0. The zero-order valence-electron chi connectivity index (χ0n) is 32.1. The number of hydrogen-bond acceptors (Lipinski definition) is 2. The number of aromatic nitrogens is 1. The number of rotatable bonds is 6. The van der Waals surface area contributed by atoms with Crippen LogP contribution in [-0.4, -0.2) is 4.57 Å². The molecule has 0 aliphatic rings. The smallest absolute Gasteiger partial charge is 0.136 e. The minimum absolute atomic E-state index is 0.900. The maximum Gasteiger partial charge on any atom is 0.136 e. The Labute approximate surface area is 341 Å². The molecule has 59 heavy (non-hydrogen) atoms. The number of nitrogens with zero attached hydrogens (tertiary/aromatic N) is 2. The van der Waals surface area contributed by atoms with Gasteiger partial charge in [0.25, 0.3) is 0 Å². The van der Waals surface area contributed by atoms with E-state index in [0.29, 0.717) is 0 Å². The largest absolute Gasteiger partial charge is 0.456 e. The Morgan fingerprint density at radius 1 is 0.356 bits per heavy atom.